The van der Waals surface area contributed by atoms with Gasteiger partial charge in [0.2, 0.25) is 0 Å². The van der Waals surface area contributed by atoms with Crippen molar-refractivity contribution in [3.05, 3.63) is 40.9 Å². The van der Waals surface area contributed by atoms with E-state index in [9.17, 15) is 9.59 Å². The minimum atomic E-state index is -0.418. The lowest BCUT2D eigenvalue weighted by molar-refractivity contribution is 0.185. The van der Waals surface area contributed by atoms with Crippen LogP contribution in [0.3, 0.4) is 0 Å². The van der Waals surface area contributed by atoms with Crippen LogP contribution in [0.15, 0.2) is 33.7 Å². The van der Waals surface area contributed by atoms with Crippen LogP contribution in [0.1, 0.15) is 25.7 Å². The molecule has 0 bridgehead atoms. The molecule has 3 aromatic rings. The number of hydrogen-bond acceptors (Lipinski definition) is 6. The molecule has 0 saturated carbocycles. The Morgan fingerprint density at radius 1 is 1.41 bits per heavy atom. The maximum absolute atomic E-state index is 12.3. The fourth-order valence-electron chi connectivity index (χ4n) is 2.83. The van der Waals surface area contributed by atoms with Crippen molar-refractivity contribution in [2.45, 2.75) is 33.0 Å². The number of methoxy groups -OCH3 is 1. The second-order valence-electron chi connectivity index (χ2n) is 5.99. The summed E-state index contributed by atoms with van der Waals surface area (Å²) in [5.41, 5.74) is 1.63. The molecule has 1 aromatic carbocycles. The number of carbonyl (C=O) groups excluding carboxylic acids is 1. The molecule has 2 amide bonds. The Hall–Kier alpha value is -3.14. The lowest BCUT2D eigenvalue weighted by atomic mass is 10.3. The molecular weight excluding hydrogens is 352 g/mol. The Balaban J connectivity index is 1.68. The molecule has 0 fully saturated rings. The molecule has 2 N–H and O–H groups in total. The molecular formula is C17H22N6O4. The number of rotatable bonds is 7. The van der Waals surface area contributed by atoms with E-state index in [-0.39, 0.29) is 6.04 Å². The van der Waals surface area contributed by atoms with Gasteiger partial charge < -0.3 is 24.4 Å². The van der Waals surface area contributed by atoms with Crippen molar-refractivity contribution in [3.63, 3.8) is 0 Å². The van der Waals surface area contributed by atoms with Gasteiger partial charge in [-0.15, -0.1) is 10.2 Å². The molecule has 27 heavy (non-hydrogen) atoms. The number of aromatic nitrogens is 4. The SMILES string of the molecule is CCn1c(=O)oc2cc(NC(=O)NC(C)c3nncn3CCOC)ccc21. The Labute approximate surface area is 155 Å². The quantitative estimate of drug-likeness (QED) is 0.651. The number of nitrogens with one attached hydrogen (secondary N) is 2. The smallest absolute Gasteiger partial charge is 0.408 e. The molecule has 1 atom stereocenters. The van der Waals surface area contributed by atoms with E-state index < -0.39 is 11.8 Å². The predicted octanol–water partition coefficient (Wildman–Crippen LogP) is 1.73. The van der Waals surface area contributed by atoms with Crippen molar-refractivity contribution in [1.29, 1.82) is 0 Å². The van der Waals surface area contributed by atoms with Gasteiger partial charge >= 0.3 is 11.8 Å². The van der Waals surface area contributed by atoms with Crippen molar-refractivity contribution in [2.75, 3.05) is 19.0 Å². The number of carbonyl (C=O) groups is 1. The van der Waals surface area contributed by atoms with E-state index in [1.165, 1.54) is 4.57 Å². The predicted molar refractivity (Wildman–Crippen MR) is 98.6 cm³/mol. The number of nitrogens with zero attached hydrogens (tertiary/aromatic N) is 4. The van der Waals surface area contributed by atoms with E-state index in [1.54, 1.807) is 31.6 Å². The largest absolute Gasteiger partial charge is 0.419 e. The minimum absolute atomic E-state index is 0.354. The lowest BCUT2D eigenvalue weighted by Crippen LogP contribution is -2.32. The maximum atomic E-state index is 12.3. The van der Waals surface area contributed by atoms with Crippen LogP contribution in [-0.2, 0) is 17.8 Å². The van der Waals surface area contributed by atoms with Crippen LogP contribution in [0.2, 0.25) is 0 Å². The zero-order chi connectivity index (χ0) is 19.4. The summed E-state index contributed by atoms with van der Waals surface area (Å²) in [6, 6.07) is 4.32. The summed E-state index contributed by atoms with van der Waals surface area (Å²) in [7, 11) is 1.62. The van der Waals surface area contributed by atoms with Crippen LogP contribution in [0.4, 0.5) is 10.5 Å². The standard InChI is InChI=1S/C17H22N6O4/c1-4-23-13-6-5-12(9-14(13)27-17(23)25)20-16(24)19-11(2)15-21-18-10-22(15)7-8-26-3/h5-6,9-11H,4,7-8H2,1-3H3,(H2,19,20,24). The van der Waals surface area contributed by atoms with E-state index in [0.717, 1.165) is 0 Å². The maximum Gasteiger partial charge on any atom is 0.419 e. The average molecular weight is 374 g/mol. The van der Waals surface area contributed by atoms with Crippen LogP contribution in [0.5, 0.6) is 0 Å². The van der Waals surface area contributed by atoms with Crippen LogP contribution < -0.4 is 16.4 Å². The van der Waals surface area contributed by atoms with Crippen molar-refractivity contribution in [2.24, 2.45) is 0 Å². The van der Waals surface area contributed by atoms with Gasteiger partial charge in [0.05, 0.1) is 18.2 Å². The van der Waals surface area contributed by atoms with Gasteiger partial charge in [0, 0.05) is 32.0 Å². The lowest BCUT2D eigenvalue weighted by Gasteiger charge is -2.15. The highest BCUT2D eigenvalue weighted by Gasteiger charge is 2.16. The van der Waals surface area contributed by atoms with Gasteiger partial charge in [0.1, 0.15) is 6.33 Å². The second-order valence-corrected chi connectivity index (χ2v) is 5.99. The highest BCUT2D eigenvalue weighted by atomic mass is 16.5. The summed E-state index contributed by atoms with van der Waals surface area (Å²) in [5.74, 6) is 0.210. The normalized spacial score (nSPS) is 12.3. The first-order chi connectivity index (χ1) is 13.0. The van der Waals surface area contributed by atoms with Crippen LogP contribution in [0.25, 0.3) is 11.1 Å². The number of hydrogen-bond donors (Lipinski definition) is 2. The van der Waals surface area contributed by atoms with E-state index >= 15 is 0 Å². The topological polar surface area (TPSA) is 116 Å². The van der Waals surface area contributed by atoms with E-state index in [4.69, 9.17) is 9.15 Å². The molecule has 144 valence electrons. The second kappa shape index (κ2) is 8.04. The number of amides is 2. The first-order valence-electron chi connectivity index (χ1n) is 8.61. The summed E-state index contributed by atoms with van der Waals surface area (Å²) in [6.45, 7) is 5.31. The summed E-state index contributed by atoms with van der Waals surface area (Å²) < 4.78 is 13.6. The molecule has 3 rings (SSSR count). The molecule has 2 heterocycles. The molecule has 10 heteroatoms. The molecule has 1 unspecified atom stereocenters. The van der Waals surface area contributed by atoms with Crippen molar-refractivity contribution < 1.29 is 13.9 Å². The summed E-state index contributed by atoms with van der Waals surface area (Å²) in [6.07, 6.45) is 1.60. The zero-order valence-electron chi connectivity index (χ0n) is 15.4. The van der Waals surface area contributed by atoms with Crippen LogP contribution in [-0.4, -0.2) is 39.1 Å². The van der Waals surface area contributed by atoms with E-state index in [1.807, 2.05) is 18.4 Å². The molecule has 0 aliphatic heterocycles. The first kappa shape index (κ1) is 18.6. The summed E-state index contributed by atoms with van der Waals surface area (Å²) in [5, 5.41) is 13.5. The van der Waals surface area contributed by atoms with Gasteiger partial charge in [0.25, 0.3) is 0 Å². The van der Waals surface area contributed by atoms with Gasteiger partial charge in [-0.2, -0.15) is 0 Å². The molecule has 0 radical (unpaired) electrons. The highest BCUT2D eigenvalue weighted by Crippen LogP contribution is 2.18. The van der Waals surface area contributed by atoms with E-state index in [2.05, 4.69) is 20.8 Å². The zero-order valence-corrected chi connectivity index (χ0v) is 15.4. The minimum Gasteiger partial charge on any atom is -0.408 e. The van der Waals surface area contributed by atoms with Crippen molar-refractivity contribution in [3.8, 4) is 0 Å². The van der Waals surface area contributed by atoms with Gasteiger partial charge in [-0.25, -0.2) is 9.59 Å². The molecule has 0 saturated heterocycles. The number of aryl methyl sites for hydroxylation is 1. The van der Waals surface area contributed by atoms with Crippen molar-refractivity contribution >= 4 is 22.8 Å². The Bertz CT molecular complexity index is 989. The Morgan fingerprint density at radius 2 is 2.22 bits per heavy atom. The van der Waals surface area contributed by atoms with Gasteiger partial charge in [-0.1, -0.05) is 0 Å². The molecule has 2 aromatic heterocycles. The summed E-state index contributed by atoms with van der Waals surface area (Å²) >= 11 is 0. The van der Waals surface area contributed by atoms with Crippen molar-refractivity contribution in [1.82, 2.24) is 24.6 Å². The number of anilines is 1. The number of urea groups is 1. The monoisotopic (exact) mass is 374 g/mol. The van der Waals surface area contributed by atoms with Crippen LogP contribution in [0, 0.1) is 0 Å². The fourth-order valence-corrected chi connectivity index (χ4v) is 2.83. The fraction of sp³-hybridized carbons (Fsp3) is 0.412. The number of oxazole rings is 1. The van der Waals surface area contributed by atoms with E-state index in [0.29, 0.717) is 42.3 Å². The Morgan fingerprint density at radius 3 is 2.96 bits per heavy atom. The summed E-state index contributed by atoms with van der Waals surface area (Å²) in [4.78, 5) is 24.1. The third-order valence-corrected chi connectivity index (χ3v) is 4.16. The molecule has 0 aliphatic carbocycles. The molecule has 0 aliphatic rings. The Kier molecular flexibility index (Phi) is 5.55. The molecule has 0 spiro atoms. The first-order valence-corrected chi connectivity index (χ1v) is 8.61. The number of benzene rings is 1. The van der Waals surface area contributed by atoms with Gasteiger partial charge in [0.15, 0.2) is 11.4 Å². The number of ether oxygens (including phenoxy) is 1. The molecule has 10 nitrogen and oxygen atoms in total. The van der Waals surface area contributed by atoms with Crippen LogP contribution >= 0.6 is 0 Å². The third kappa shape index (κ3) is 4.00. The van der Waals surface area contributed by atoms with Gasteiger partial charge in [-0.3, -0.25) is 4.57 Å². The third-order valence-electron chi connectivity index (χ3n) is 4.16. The van der Waals surface area contributed by atoms with Gasteiger partial charge in [-0.05, 0) is 26.0 Å². The highest BCUT2D eigenvalue weighted by molar-refractivity contribution is 5.91. The number of fused-ring (bicyclic) bond motifs is 1. The average Bonchev–Trinajstić information content (AvgIpc) is 3.22.